The Bertz CT molecular complexity index is 649. The van der Waals surface area contributed by atoms with E-state index in [0.717, 1.165) is 16.8 Å². The first kappa shape index (κ1) is 16.2. The lowest BCUT2D eigenvalue weighted by molar-refractivity contribution is -0.135. The van der Waals surface area contributed by atoms with E-state index in [0.29, 0.717) is 12.3 Å². The monoisotopic (exact) mass is 301 g/mol. The lowest BCUT2D eigenvalue weighted by Crippen LogP contribution is -2.38. The highest BCUT2D eigenvalue weighted by Gasteiger charge is 2.26. The van der Waals surface area contributed by atoms with Crippen LogP contribution in [0.25, 0.3) is 0 Å². The topological polar surface area (TPSA) is 49.6 Å². The van der Waals surface area contributed by atoms with Crippen LogP contribution in [0.3, 0.4) is 0 Å². The molecule has 5 nitrogen and oxygen atoms in total. The minimum absolute atomic E-state index is 0.0321. The third kappa shape index (κ3) is 3.74. The van der Waals surface area contributed by atoms with Crippen LogP contribution >= 0.6 is 0 Å². The van der Waals surface area contributed by atoms with Crippen molar-refractivity contribution in [3.63, 3.8) is 0 Å². The number of aryl methyl sites for hydroxylation is 2. The Morgan fingerprint density at radius 2 is 1.95 bits per heavy atom. The number of hydrogen-bond acceptors (Lipinski definition) is 4. The van der Waals surface area contributed by atoms with E-state index in [2.05, 4.69) is 11.2 Å². The van der Waals surface area contributed by atoms with Gasteiger partial charge in [-0.15, -0.1) is 0 Å². The van der Waals surface area contributed by atoms with Crippen molar-refractivity contribution in [3.05, 3.63) is 52.9 Å². The zero-order valence-electron chi connectivity index (χ0n) is 13.8. The van der Waals surface area contributed by atoms with Gasteiger partial charge in [-0.05, 0) is 33.5 Å². The lowest BCUT2D eigenvalue weighted by atomic mass is 10.0. The van der Waals surface area contributed by atoms with Gasteiger partial charge in [-0.1, -0.05) is 35.0 Å². The molecule has 0 aliphatic heterocycles. The average molecular weight is 301 g/mol. The molecular formula is C17H23N3O2. The molecule has 0 N–H and O–H groups in total. The third-order valence-corrected chi connectivity index (χ3v) is 3.55. The molecule has 1 amide bonds. The zero-order chi connectivity index (χ0) is 16.3. The van der Waals surface area contributed by atoms with Crippen molar-refractivity contribution in [3.8, 4) is 0 Å². The van der Waals surface area contributed by atoms with Crippen LogP contribution in [0.1, 0.15) is 28.6 Å². The van der Waals surface area contributed by atoms with Gasteiger partial charge < -0.3 is 9.42 Å². The number of likely N-dealkylation sites (N-methyl/N-ethyl adjacent to an activating group) is 2. The second-order valence-electron chi connectivity index (χ2n) is 5.91. The van der Waals surface area contributed by atoms with Crippen LogP contribution in [0.4, 0.5) is 0 Å². The Kier molecular flexibility index (Phi) is 4.98. The van der Waals surface area contributed by atoms with Crippen molar-refractivity contribution < 1.29 is 9.32 Å². The smallest absolute Gasteiger partial charge is 0.244 e. The van der Waals surface area contributed by atoms with Gasteiger partial charge in [0, 0.05) is 13.1 Å². The highest BCUT2D eigenvalue weighted by Crippen LogP contribution is 2.22. The predicted molar refractivity (Wildman–Crippen MR) is 85.3 cm³/mol. The van der Waals surface area contributed by atoms with Crippen LogP contribution in [-0.2, 0) is 11.3 Å². The minimum Gasteiger partial charge on any atom is -0.359 e. The van der Waals surface area contributed by atoms with E-state index in [9.17, 15) is 4.79 Å². The molecule has 1 aromatic heterocycles. The molecule has 0 fully saturated rings. The fourth-order valence-electron chi connectivity index (χ4n) is 2.51. The zero-order valence-corrected chi connectivity index (χ0v) is 13.8. The van der Waals surface area contributed by atoms with Crippen LogP contribution in [-0.4, -0.2) is 42.0 Å². The van der Waals surface area contributed by atoms with Crippen LogP contribution in [0.5, 0.6) is 0 Å². The van der Waals surface area contributed by atoms with Crippen molar-refractivity contribution >= 4 is 5.91 Å². The van der Waals surface area contributed by atoms with E-state index >= 15 is 0 Å². The number of aromatic nitrogens is 1. The van der Waals surface area contributed by atoms with E-state index in [1.807, 2.05) is 57.1 Å². The van der Waals surface area contributed by atoms with Crippen molar-refractivity contribution in [1.29, 1.82) is 0 Å². The van der Waals surface area contributed by atoms with Gasteiger partial charge in [-0.3, -0.25) is 9.69 Å². The van der Waals surface area contributed by atoms with Gasteiger partial charge in [0.05, 0.1) is 12.2 Å². The second-order valence-corrected chi connectivity index (χ2v) is 5.91. The van der Waals surface area contributed by atoms with Gasteiger partial charge in [-0.2, -0.15) is 0 Å². The maximum Gasteiger partial charge on any atom is 0.244 e. The van der Waals surface area contributed by atoms with Crippen LogP contribution in [0.15, 0.2) is 34.9 Å². The quantitative estimate of drug-likeness (QED) is 0.851. The standard InChI is InChI=1S/C17H23N3O2/c1-12-7-6-8-14(9-12)16(19(3)4)17(21)20(5)11-15-10-13(2)18-22-15/h6-10,16H,11H2,1-5H3/t16-/m0/s1. The maximum absolute atomic E-state index is 12.8. The summed E-state index contributed by atoms with van der Waals surface area (Å²) in [4.78, 5) is 16.4. The van der Waals surface area contributed by atoms with Crippen LogP contribution < -0.4 is 0 Å². The molecule has 0 saturated carbocycles. The minimum atomic E-state index is -0.311. The Balaban J connectivity index is 2.19. The Morgan fingerprint density at radius 3 is 2.50 bits per heavy atom. The van der Waals surface area contributed by atoms with Crippen LogP contribution in [0, 0.1) is 13.8 Å². The molecule has 1 heterocycles. The fourth-order valence-corrected chi connectivity index (χ4v) is 2.51. The van der Waals surface area contributed by atoms with Crippen LogP contribution in [0.2, 0.25) is 0 Å². The number of nitrogens with zero attached hydrogens (tertiary/aromatic N) is 3. The first-order valence-corrected chi connectivity index (χ1v) is 7.28. The summed E-state index contributed by atoms with van der Waals surface area (Å²) in [6, 6.07) is 9.59. The number of benzene rings is 1. The Morgan fingerprint density at radius 1 is 1.23 bits per heavy atom. The molecule has 5 heteroatoms. The third-order valence-electron chi connectivity index (χ3n) is 3.55. The molecule has 0 spiro atoms. The summed E-state index contributed by atoms with van der Waals surface area (Å²) in [6.45, 7) is 4.31. The number of rotatable bonds is 5. The van der Waals surface area contributed by atoms with Gasteiger partial charge in [0.2, 0.25) is 5.91 Å². The molecule has 2 aromatic rings. The summed E-state index contributed by atoms with van der Waals surface area (Å²) >= 11 is 0. The van der Waals surface area contributed by atoms with Gasteiger partial charge in [0.25, 0.3) is 0 Å². The van der Waals surface area contributed by atoms with E-state index in [1.165, 1.54) is 0 Å². The number of amides is 1. The maximum atomic E-state index is 12.8. The molecular weight excluding hydrogens is 278 g/mol. The summed E-state index contributed by atoms with van der Waals surface area (Å²) in [6.07, 6.45) is 0. The predicted octanol–water partition coefficient (Wildman–Crippen LogP) is 2.55. The first-order chi connectivity index (χ1) is 10.4. The van der Waals surface area contributed by atoms with E-state index in [-0.39, 0.29) is 11.9 Å². The molecule has 1 atom stereocenters. The van der Waals surface area contributed by atoms with Crippen molar-refractivity contribution in [2.75, 3.05) is 21.1 Å². The molecule has 0 radical (unpaired) electrons. The SMILES string of the molecule is Cc1cccc([C@@H](C(=O)N(C)Cc2cc(C)no2)N(C)C)c1. The Labute approximate surface area is 131 Å². The van der Waals surface area contributed by atoms with E-state index in [1.54, 1.807) is 11.9 Å². The van der Waals surface area contributed by atoms with E-state index in [4.69, 9.17) is 4.52 Å². The summed E-state index contributed by atoms with van der Waals surface area (Å²) < 4.78 is 5.19. The van der Waals surface area contributed by atoms with E-state index < -0.39 is 0 Å². The van der Waals surface area contributed by atoms with Gasteiger partial charge in [0.15, 0.2) is 5.76 Å². The number of hydrogen-bond donors (Lipinski definition) is 0. The molecule has 0 aliphatic carbocycles. The summed E-state index contributed by atoms with van der Waals surface area (Å²) in [5, 5.41) is 3.86. The first-order valence-electron chi connectivity index (χ1n) is 7.28. The largest absolute Gasteiger partial charge is 0.359 e. The highest BCUT2D eigenvalue weighted by atomic mass is 16.5. The fraction of sp³-hybridized carbons (Fsp3) is 0.412. The molecule has 0 unspecified atom stereocenters. The van der Waals surface area contributed by atoms with Crippen molar-refractivity contribution in [2.24, 2.45) is 0 Å². The average Bonchev–Trinajstić information content (AvgIpc) is 2.83. The number of carbonyl (C=O) groups excluding carboxylic acids is 1. The van der Waals surface area contributed by atoms with Gasteiger partial charge >= 0.3 is 0 Å². The number of carbonyl (C=O) groups is 1. The molecule has 0 bridgehead atoms. The molecule has 1 aromatic carbocycles. The molecule has 118 valence electrons. The molecule has 22 heavy (non-hydrogen) atoms. The lowest BCUT2D eigenvalue weighted by Gasteiger charge is -2.28. The second kappa shape index (κ2) is 6.75. The molecule has 2 rings (SSSR count). The Hall–Kier alpha value is -2.14. The van der Waals surface area contributed by atoms with Gasteiger partial charge in [0.1, 0.15) is 6.04 Å². The van der Waals surface area contributed by atoms with Gasteiger partial charge in [-0.25, -0.2) is 0 Å². The summed E-state index contributed by atoms with van der Waals surface area (Å²) in [7, 11) is 5.61. The summed E-state index contributed by atoms with van der Waals surface area (Å²) in [5.41, 5.74) is 2.96. The van der Waals surface area contributed by atoms with Crippen molar-refractivity contribution in [1.82, 2.24) is 15.0 Å². The molecule has 0 saturated heterocycles. The van der Waals surface area contributed by atoms with Crippen molar-refractivity contribution in [2.45, 2.75) is 26.4 Å². The molecule has 0 aliphatic rings. The normalized spacial score (nSPS) is 12.5. The summed E-state index contributed by atoms with van der Waals surface area (Å²) in [5.74, 6) is 0.722. The highest BCUT2D eigenvalue weighted by molar-refractivity contribution is 5.83.